The van der Waals surface area contributed by atoms with E-state index in [2.05, 4.69) is 26.2 Å². The van der Waals surface area contributed by atoms with Gasteiger partial charge in [0.15, 0.2) is 22.7 Å². The average molecular weight is 417 g/mol. The molecule has 2 aromatic carbocycles. The molecule has 0 saturated carbocycles. The average Bonchev–Trinajstić information content (AvgIpc) is 3.10. The first-order chi connectivity index (χ1) is 12.2. The fourth-order valence-corrected chi connectivity index (χ4v) is 3.44. The number of carbonyl (C=O) groups excluding carboxylic acids is 1. The summed E-state index contributed by atoms with van der Waals surface area (Å²) in [6.07, 6.45) is -0.288. The lowest BCUT2D eigenvalue weighted by molar-refractivity contribution is 0.0888. The summed E-state index contributed by atoms with van der Waals surface area (Å²) in [5.74, 6) is 1.24. The molecule has 0 fully saturated rings. The number of para-hydroxylation sites is 2. The van der Waals surface area contributed by atoms with Crippen LogP contribution in [0.5, 0.6) is 11.5 Å². The molecular formula is C18H13BrN2O3S. The second-order valence-electron chi connectivity index (χ2n) is 5.40. The van der Waals surface area contributed by atoms with Gasteiger partial charge in [0, 0.05) is 15.4 Å². The third-order valence-corrected chi connectivity index (χ3v) is 4.99. The molecule has 0 spiro atoms. The smallest absolute Gasteiger partial charge is 0.257 e. The van der Waals surface area contributed by atoms with Crippen molar-refractivity contribution in [1.29, 1.82) is 0 Å². The van der Waals surface area contributed by atoms with Gasteiger partial charge in [0.25, 0.3) is 5.91 Å². The number of rotatable bonds is 3. The molecule has 0 saturated heterocycles. The second-order valence-corrected chi connectivity index (χ2v) is 7.18. The highest BCUT2D eigenvalue weighted by Gasteiger charge is 2.24. The van der Waals surface area contributed by atoms with Crippen LogP contribution in [-0.2, 0) is 0 Å². The van der Waals surface area contributed by atoms with Crippen molar-refractivity contribution in [3.63, 3.8) is 0 Å². The van der Waals surface area contributed by atoms with Crippen LogP contribution in [0.2, 0.25) is 0 Å². The number of nitrogens with zero attached hydrogens (tertiary/aromatic N) is 1. The molecule has 7 heteroatoms. The van der Waals surface area contributed by atoms with E-state index in [9.17, 15) is 4.79 Å². The van der Waals surface area contributed by atoms with Gasteiger partial charge in [-0.3, -0.25) is 10.1 Å². The van der Waals surface area contributed by atoms with Crippen molar-refractivity contribution in [3.8, 4) is 11.5 Å². The first-order valence-electron chi connectivity index (χ1n) is 7.60. The molecule has 1 atom stereocenters. The Morgan fingerprint density at radius 1 is 1.16 bits per heavy atom. The van der Waals surface area contributed by atoms with E-state index in [-0.39, 0.29) is 12.0 Å². The molecule has 5 nitrogen and oxygen atoms in total. The molecular weight excluding hydrogens is 404 g/mol. The summed E-state index contributed by atoms with van der Waals surface area (Å²) in [6.45, 7) is 0.390. The highest BCUT2D eigenvalue weighted by molar-refractivity contribution is 9.10. The van der Waals surface area contributed by atoms with Gasteiger partial charge >= 0.3 is 0 Å². The molecule has 1 aliphatic heterocycles. The van der Waals surface area contributed by atoms with Crippen LogP contribution >= 0.6 is 27.3 Å². The number of nitrogens with one attached hydrogen (secondary N) is 1. The SMILES string of the molecule is O=C(Nc1nc([C@@H]2COc3ccccc3O2)cs1)c1ccc(Br)cc1. The molecule has 4 rings (SSSR count). The monoisotopic (exact) mass is 416 g/mol. The second kappa shape index (κ2) is 6.85. The number of anilines is 1. The Labute approximate surface area is 156 Å². The van der Waals surface area contributed by atoms with Gasteiger partial charge < -0.3 is 9.47 Å². The minimum atomic E-state index is -0.288. The lowest BCUT2D eigenvalue weighted by Crippen LogP contribution is -2.22. The van der Waals surface area contributed by atoms with Crippen molar-refractivity contribution in [2.75, 3.05) is 11.9 Å². The molecule has 0 bridgehead atoms. The molecule has 0 aliphatic carbocycles. The first kappa shape index (κ1) is 16.1. The van der Waals surface area contributed by atoms with Crippen molar-refractivity contribution >= 4 is 38.3 Å². The summed E-state index contributed by atoms with van der Waals surface area (Å²) in [4.78, 5) is 16.7. The van der Waals surface area contributed by atoms with Crippen LogP contribution in [0.4, 0.5) is 5.13 Å². The Balaban J connectivity index is 1.46. The standard InChI is InChI=1S/C18H13BrN2O3S/c19-12-7-5-11(6-8-12)17(22)21-18-20-13(10-25-18)16-9-23-14-3-1-2-4-15(14)24-16/h1-8,10,16H,9H2,(H,20,21,22)/t16-/m0/s1. The minimum absolute atomic E-state index is 0.195. The third-order valence-electron chi connectivity index (χ3n) is 3.69. The topological polar surface area (TPSA) is 60.5 Å². The van der Waals surface area contributed by atoms with Crippen LogP contribution in [0.25, 0.3) is 0 Å². The molecule has 126 valence electrons. The Kier molecular flexibility index (Phi) is 4.42. The molecule has 3 aromatic rings. The number of fused-ring (bicyclic) bond motifs is 1. The zero-order valence-corrected chi connectivity index (χ0v) is 15.3. The van der Waals surface area contributed by atoms with Crippen molar-refractivity contribution in [2.24, 2.45) is 0 Å². The number of carbonyl (C=O) groups is 1. The summed E-state index contributed by atoms with van der Waals surface area (Å²) in [5, 5.41) is 5.22. The van der Waals surface area contributed by atoms with E-state index in [0.717, 1.165) is 15.9 Å². The van der Waals surface area contributed by atoms with Crippen molar-refractivity contribution < 1.29 is 14.3 Å². The van der Waals surface area contributed by atoms with E-state index in [1.807, 2.05) is 41.8 Å². The number of aromatic nitrogens is 1. The van der Waals surface area contributed by atoms with Gasteiger partial charge in [0.2, 0.25) is 0 Å². The van der Waals surface area contributed by atoms with Crippen molar-refractivity contribution in [1.82, 2.24) is 4.98 Å². The number of hydrogen-bond donors (Lipinski definition) is 1. The lowest BCUT2D eigenvalue weighted by atomic mass is 10.2. The summed E-state index contributed by atoms with van der Waals surface area (Å²) in [7, 11) is 0. The largest absolute Gasteiger partial charge is 0.485 e. The molecule has 0 radical (unpaired) electrons. The zero-order chi connectivity index (χ0) is 17.2. The maximum Gasteiger partial charge on any atom is 0.257 e. The van der Waals surface area contributed by atoms with E-state index in [0.29, 0.717) is 23.1 Å². The molecule has 1 aromatic heterocycles. The highest BCUT2D eigenvalue weighted by atomic mass is 79.9. The number of halogens is 1. The number of benzene rings is 2. The third kappa shape index (κ3) is 3.52. The quantitative estimate of drug-likeness (QED) is 0.673. The van der Waals surface area contributed by atoms with Crippen LogP contribution in [0, 0.1) is 0 Å². The normalized spacial score (nSPS) is 15.6. The van der Waals surface area contributed by atoms with Crippen LogP contribution in [0.15, 0.2) is 58.4 Å². The molecule has 1 amide bonds. The minimum Gasteiger partial charge on any atom is -0.485 e. The summed E-state index contributed by atoms with van der Waals surface area (Å²) in [5.41, 5.74) is 1.32. The van der Waals surface area contributed by atoms with E-state index in [4.69, 9.17) is 9.47 Å². The maximum atomic E-state index is 12.3. The van der Waals surface area contributed by atoms with Gasteiger partial charge in [-0.05, 0) is 36.4 Å². The number of thiazole rings is 1. The number of amides is 1. The van der Waals surface area contributed by atoms with Gasteiger partial charge in [0.05, 0.1) is 5.69 Å². The van der Waals surface area contributed by atoms with Crippen LogP contribution < -0.4 is 14.8 Å². The predicted molar refractivity (Wildman–Crippen MR) is 99.5 cm³/mol. The van der Waals surface area contributed by atoms with E-state index >= 15 is 0 Å². The highest BCUT2D eigenvalue weighted by Crippen LogP contribution is 2.36. The van der Waals surface area contributed by atoms with Crippen molar-refractivity contribution in [3.05, 3.63) is 69.6 Å². The van der Waals surface area contributed by atoms with Gasteiger partial charge in [-0.1, -0.05) is 28.1 Å². The van der Waals surface area contributed by atoms with Crippen LogP contribution in [0.3, 0.4) is 0 Å². The van der Waals surface area contributed by atoms with E-state index < -0.39 is 0 Å². The first-order valence-corrected chi connectivity index (χ1v) is 9.27. The Morgan fingerprint density at radius 3 is 2.72 bits per heavy atom. The van der Waals surface area contributed by atoms with E-state index in [1.165, 1.54) is 11.3 Å². The molecule has 1 N–H and O–H groups in total. The Hall–Kier alpha value is -2.38. The van der Waals surface area contributed by atoms with Gasteiger partial charge in [-0.15, -0.1) is 11.3 Å². The predicted octanol–water partition coefficient (Wildman–Crippen LogP) is 4.67. The number of ether oxygens (including phenoxy) is 2. The van der Waals surface area contributed by atoms with Gasteiger partial charge in [0.1, 0.15) is 6.61 Å². The fourth-order valence-electron chi connectivity index (χ4n) is 2.43. The summed E-state index contributed by atoms with van der Waals surface area (Å²) < 4.78 is 12.6. The molecule has 1 aliphatic rings. The number of hydrogen-bond acceptors (Lipinski definition) is 5. The van der Waals surface area contributed by atoms with Gasteiger partial charge in [-0.2, -0.15) is 0 Å². The Morgan fingerprint density at radius 2 is 1.92 bits per heavy atom. The molecule has 25 heavy (non-hydrogen) atoms. The molecule has 0 unspecified atom stereocenters. The molecule has 2 heterocycles. The van der Waals surface area contributed by atoms with Crippen LogP contribution in [-0.4, -0.2) is 17.5 Å². The Bertz CT molecular complexity index is 911. The lowest BCUT2D eigenvalue weighted by Gasteiger charge is -2.25. The maximum absolute atomic E-state index is 12.3. The summed E-state index contributed by atoms with van der Waals surface area (Å²) >= 11 is 4.72. The van der Waals surface area contributed by atoms with Crippen LogP contribution in [0.1, 0.15) is 22.2 Å². The van der Waals surface area contributed by atoms with E-state index in [1.54, 1.807) is 12.1 Å². The summed E-state index contributed by atoms with van der Waals surface area (Å²) in [6, 6.07) is 14.7. The zero-order valence-electron chi connectivity index (χ0n) is 12.9. The van der Waals surface area contributed by atoms with Gasteiger partial charge in [-0.25, -0.2) is 4.98 Å². The van der Waals surface area contributed by atoms with Crippen molar-refractivity contribution in [2.45, 2.75) is 6.10 Å². The fraction of sp³-hybridized carbons (Fsp3) is 0.111.